The second-order valence-electron chi connectivity index (χ2n) is 10.4. The molecule has 1 aliphatic rings. The third kappa shape index (κ3) is 9.41. The molecule has 3 rings (SSSR count). The number of nitrogens with one attached hydrogen (secondary N) is 2. The molecule has 216 valence electrons. The molecular weight excluding hydrogens is 527 g/mol. The Balaban J connectivity index is 1.66. The van der Waals surface area contributed by atoms with Crippen LogP contribution in [-0.4, -0.2) is 60.9 Å². The van der Waals surface area contributed by atoms with E-state index < -0.39 is 48.1 Å². The number of alkyl halides is 3. The Labute approximate surface area is 231 Å². The number of ether oxygens (including phenoxy) is 2. The number of anilines is 2. The third-order valence-electron chi connectivity index (χ3n) is 6.00. The SMILES string of the molecule is CCOC(=O)C1CN(CC(F)(F)F)CC1c1ccc(C=CC(=O)Nc2ccccc2NC(=O)OC(C)(C)C)cc1. The van der Waals surface area contributed by atoms with Crippen molar-refractivity contribution in [3.05, 3.63) is 65.7 Å². The Morgan fingerprint density at radius 3 is 2.17 bits per heavy atom. The van der Waals surface area contributed by atoms with E-state index >= 15 is 0 Å². The molecule has 1 aliphatic heterocycles. The molecule has 0 bridgehead atoms. The molecule has 2 aromatic rings. The van der Waals surface area contributed by atoms with Crippen molar-refractivity contribution in [3.63, 3.8) is 0 Å². The predicted octanol–water partition coefficient (Wildman–Crippen LogP) is 5.83. The van der Waals surface area contributed by atoms with Crippen molar-refractivity contribution >= 4 is 35.4 Å². The van der Waals surface area contributed by atoms with Crippen molar-refractivity contribution in [2.24, 2.45) is 5.92 Å². The minimum Gasteiger partial charge on any atom is -0.466 e. The molecule has 1 fully saturated rings. The fraction of sp³-hybridized carbons (Fsp3) is 0.414. The van der Waals surface area contributed by atoms with Crippen molar-refractivity contribution in [2.75, 3.05) is 36.9 Å². The van der Waals surface area contributed by atoms with Gasteiger partial charge < -0.3 is 14.8 Å². The highest BCUT2D eigenvalue weighted by atomic mass is 19.4. The summed E-state index contributed by atoms with van der Waals surface area (Å²) in [5.74, 6) is -2.11. The van der Waals surface area contributed by atoms with E-state index in [4.69, 9.17) is 9.47 Å². The van der Waals surface area contributed by atoms with Gasteiger partial charge >= 0.3 is 18.2 Å². The maximum Gasteiger partial charge on any atom is 0.412 e. The van der Waals surface area contributed by atoms with E-state index in [-0.39, 0.29) is 19.7 Å². The number of likely N-dealkylation sites (tertiary alicyclic amines) is 1. The minimum absolute atomic E-state index is 0.0326. The highest BCUT2D eigenvalue weighted by Gasteiger charge is 2.43. The summed E-state index contributed by atoms with van der Waals surface area (Å²) in [7, 11) is 0. The summed E-state index contributed by atoms with van der Waals surface area (Å²) in [5.41, 5.74) is 1.46. The van der Waals surface area contributed by atoms with Crippen LogP contribution >= 0.6 is 0 Å². The van der Waals surface area contributed by atoms with Crippen LogP contribution in [-0.2, 0) is 19.1 Å². The van der Waals surface area contributed by atoms with Gasteiger partial charge in [0.05, 0.1) is 30.4 Å². The first-order valence-corrected chi connectivity index (χ1v) is 12.9. The molecule has 8 nitrogen and oxygen atoms in total. The fourth-order valence-corrected chi connectivity index (χ4v) is 4.41. The highest BCUT2D eigenvalue weighted by molar-refractivity contribution is 6.05. The lowest BCUT2D eigenvalue weighted by atomic mass is 9.88. The fourth-order valence-electron chi connectivity index (χ4n) is 4.41. The lowest BCUT2D eigenvalue weighted by Crippen LogP contribution is -2.33. The quantitative estimate of drug-likeness (QED) is 0.311. The molecule has 11 heteroatoms. The summed E-state index contributed by atoms with van der Waals surface area (Å²) >= 11 is 0. The van der Waals surface area contributed by atoms with Crippen LogP contribution in [0.2, 0.25) is 0 Å². The molecule has 0 radical (unpaired) electrons. The van der Waals surface area contributed by atoms with Gasteiger partial charge in [0.25, 0.3) is 0 Å². The number of carbonyl (C=O) groups excluding carboxylic acids is 3. The normalized spacial score (nSPS) is 18.0. The molecule has 1 saturated heterocycles. The highest BCUT2D eigenvalue weighted by Crippen LogP contribution is 2.35. The van der Waals surface area contributed by atoms with Gasteiger partial charge in [-0.3, -0.25) is 19.8 Å². The molecule has 2 unspecified atom stereocenters. The number of para-hydroxylation sites is 2. The second-order valence-corrected chi connectivity index (χ2v) is 10.4. The molecular formula is C29H34F3N3O5. The van der Waals surface area contributed by atoms with E-state index in [0.717, 1.165) is 0 Å². The number of rotatable bonds is 8. The van der Waals surface area contributed by atoms with Crippen LogP contribution in [0.4, 0.5) is 29.3 Å². The van der Waals surface area contributed by atoms with Crippen molar-refractivity contribution in [1.82, 2.24) is 4.90 Å². The number of hydrogen-bond acceptors (Lipinski definition) is 6. The number of nitrogens with zero attached hydrogens (tertiary/aromatic N) is 1. The van der Waals surface area contributed by atoms with Crippen molar-refractivity contribution in [3.8, 4) is 0 Å². The summed E-state index contributed by atoms with van der Waals surface area (Å²) in [6, 6.07) is 13.6. The summed E-state index contributed by atoms with van der Waals surface area (Å²) in [5, 5.41) is 5.33. The van der Waals surface area contributed by atoms with Gasteiger partial charge in [0.1, 0.15) is 5.60 Å². The Kier molecular flexibility index (Phi) is 9.97. The summed E-state index contributed by atoms with van der Waals surface area (Å²) in [6.45, 7) is 5.99. The maximum atomic E-state index is 13.0. The van der Waals surface area contributed by atoms with Crippen molar-refractivity contribution < 1.29 is 37.0 Å². The van der Waals surface area contributed by atoms with Gasteiger partial charge in [0, 0.05) is 25.1 Å². The Morgan fingerprint density at radius 1 is 0.975 bits per heavy atom. The van der Waals surface area contributed by atoms with E-state index in [1.54, 1.807) is 82.3 Å². The van der Waals surface area contributed by atoms with Gasteiger partial charge in [-0.15, -0.1) is 0 Å². The first kappa shape index (κ1) is 30.7. The van der Waals surface area contributed by atoms with Crippen molar-refractivity contribution in [1.29, 1.82) is 0 Å². The molecule has 0 spiro atoms. The predicted molar refractivity (Wildman–Crippen MR) is 146 cm³/mol. The third-order valence-corrected chi connectivity index (χ3v) is 6.00. The van der Waals surface area contributed by atoms with E-state index in [2.05, 4.69) is 10.6 Å². The standard InChI is InChI=1S/C29H34F3N3O5/c1-5-39-26(37)22-17-35(18-29(30,31)32)16-21(22)20-13-10-19(11-14-20)12-15-25(36)33-23-8-6-7-9-24(23)34-27(38)40-28(2,3)4/h6-15,21-22H,5,16-18H2,1-4H3,(H,33,36)(H,34,38). The zero-order valence-electron chi connectivity index (χ0n) is 22.9. The number of esters is 1. The molecule has 2 aromatic carbocycles. The Hall–Kier alpha value is -3.86. The largest absolute Gasteiger partial charge is 0.466 e. The molecule has 2 amide bonds. The number of halogens is 3. The smallest absolute Gasteiger partial charge is 0.412 e. The van der Waals surface area contributed by atoms with Crippen LogP contribution < -0.4 is 10.6 Å². The summed E-state index contributed by atoms with van der Waals surface area (Å²) < 4.78 is 49.3. The Bertz CT molecular complexity index is 1220. The monoisotopic (exact) mass is 561 g/mol. The lowest BCUT2D eigenvalue weighted by molar-refractivity contribution is -0.151. The summed E-state index contributed by atoms with van der Waals surface area (Å²) in [6.07, 6.45) is -2.12. The molecule has 0 aliphatic carbocycles. The van der Waals surface area contributed by atoms with Crippen LogP contribution in [0, 0.1) is 5.92 Å². The topological polar surface area (TPSA) is 97.0 Å². The van der Waals surface area contributed by atoms with Crippen LogP contribution in [0.5, 0.6) is 0 Å². The average Bonchev–Trinajstić information content (AvgIpc) is 3.25. The van der Waals surface area contributed by atoms with E-state index in [9.17, 15) is 27.6 Å². The van der Waals surface area contributed by atoms with Crippen LogP contribution in [0.1, 0.15) is 44.7 Å². The molecule has 0 aromatic heterocycles. The average molecular weight is 562 g/mol. The van der Waals surface area contributed by atoms with Crippen LogP contribution in [0.25, 0.3) is 6.08 Å². The van der Waals surface area contributed by atoms with Gasteiger partial charge in [-0.2, -0.15) is 13.2 Å². The van der Waals surface area contributed by atoms with Crippen LogP contribution in [0.3, 0.4) is 0 Å². The zero-order chi connectivity index (χ0) is 29.5. The molecule has 2 atom stereocenters. The van der Waals surface area contributed by atoms with Gasteiger partial charge in [0.15, 0.2) is 0 Å². The summed E-state index contributed by atoms with van der Waals surface area (Å²) in [4.78, 5) is 38.4. The Morgan fingerprint density at radius 2 is 1.60 bits per heavy atom. The number of carbonyl (C=O) groups is 3. The molecule has 2 N–H and O–H groups in total. The first-order valence-electron chi connectivity index (χ1n) is 12.9. The van der Waals surface area contributed by atoms with E-state index in [1.165, 1.54) is 11.0 Å². The number of amides is 2. The maximum absolute atomic E-state index is 13.0. The van der Waals surface area contributed by atoms with Gasteiger partial charge in [-0.1, -0.05) is 36.4 Å². The lowest BCUT2D eigenvalue weighted by Gasteiger charge is -2.20. The minimum atomic E-state index is -4.37. The van der Waals surface area contributed by atoms with Gasteiger partial charge in [-0.25, -0.2) is 4.79 Å². The molecule has 1 heterocycles. The van der Waals surface area contributed by atoms with Gasteiger partial charge in [-0.05, 0) is 57.0 Å². The van der Waals surface area contributed by atoms with Crippen LogP contribution in [0.15, 0.2) is 54.6 Å². The number of hydrogen-bond donors (Lipinski definition) is 2. The van der Waals surface area contributed by atoms with E-state index in [1.807, 2.05) is 0 Å². The molecule has 0 saturated carbocycles. The second kappa shape index (κ2) is 13.0. The number of benzene rings is 2. The molecule has 40 heavy (non-hydrogen) atoms. The van der Waals surface area contributed by atoms with E-state index in [0.29, 0.717) is 22.5 Å². The first-order chi connectivity index (χ1) is 18.7. The van der Waals surface area contributed by atoms with Crippen molar-refractivity contribution in [2.45, 2.75) is 45.4 Å². The zero-order valence-corrected chi connectivity index (χ0v) is 22.9. The van der Waals surface area contributed by atoms with Gasteiger partial charge in [0.2, 0.25) is 5.91 Å².